The van der Waals surface area contributed by atoms with Gasteiger partial charge in [-0.15, -0.1) is 0 Å². The fraction of sp³-hybridized carbons (Fsp3) is 0.150. The van der Waals surface area contributed by atoms with Crippen molar-refractivity contribution in [2.24, 2.45) is 22.2 Å². The number of aryl methyl sites for hydroxylation is 4. The number of nitrogens with zero attached hydrogens (tertiary/aromatic N) is 2. The van der Waals surface area contributed by atoms with Crippen molar-refractivity contribution in [2.45, 2.75) is 52.4 Å². The first-order valence-electron chi connectivity index (χ1n) is 23.5. The zero-order valence-corrected chi connectivity index (χ0v) is 41.0. The smallest absolute Gasteiger partial charge is 0.217 e. The Labute approximate surface area is 423 Å². The molecule has 0 atom stereocenters. The zero-order valence-electron chi connectivity index (χ0n) is 40.2. The number of aromatic nitrogens is 1. The molecule has 9 N–H and O–H groups in total. The van der Waals surface area contributed by atoms with Crippen molar-refractivity contribution >= 4 is 40.3 Å². The summed E-state index contributed by atoms with van der Waals surface area (Å²) in [5.74, 6) is -0.304. The van der Waals surface area contributed by atoms with Gasteiger partial charge in [0.05, 0.1) is 12.2 Å². The zero-order chi connectivity index (χ0) is 51.1. The Hall–Kier alpha value is -8.61. The number of primary amides is 3. The van der Waals surface area contributed by atoms with Crippen LogP contribution < -0.4 is 17.2 Å². The van der Waals surface area contributed by atoms with E-state index in [-0.39, 0.29) is 41.4 Å². The van der Waals surface area contributed by atoms with E-state index in [1.54, 1.807) is 60.0 Å². The van der Waals surface area contributed by atoms with Crippen LogP contribution in [-0.4, -0.2) is 50.3 Å². The number of allylic oxidation sites excluding steroid dienone is 1. The maximum atomic E-state index is 11.2. The maximum absolute atomic E-state index is 11.2. The first-order valence-corrected chi connectivity index (χ1v) is 24.4. The summed E-state index contributed by atoms with van der Waals surface area (Å²) in [6, 6.07) is 45.6. The molecule has 11 nitrogen and oxygen atoms in total. The number of carbonyl (C=O) groups excluding carboxylic acids is 3. The quantitative estimate of drug-likeness (QED) is 0.0584. The van der Waals surface area contributed by atoms with E-state index in [4.69, 9.17) is 17.2 Å². The monoisotopic (exact) mass is 975 g/mol. The van der Waals surface area contributed by atoms with Crippen LogP contribution in [0.5, 0.6) is 17.2 Å². The first-order chi connectivity index (χ1) is 34.7. The molecule has 8 aromatic rings. The summed E-state index contributed by atoms with van der Waals surface area (Å²) in [7, 11) is 0. The molecule has 6 aromatic carbocycles. The largest absolute Gasteiger partial charge is 0.508 e. The third-order valence-corrected chi connectivity index (χ3v) is 13.0. The van der Waals surface area contributed by atoms with Gasteiger partial charge in [0.1, 0.15) is 17.2 Å². The Morgan fingerprint density at radius 2 is 0.944 bits per heavy atom. The normalized spacial score (nSPS) is 11.6. The average molecular weight is 976 g/mol. The van der Waals surface area contributed by atoms with Crippen LogP contribution in [0.15, 0.2) is 174 Å². The molecule has 0 saturated heterocycles. The summed E-state index contributed by atoms with van der Waals surface area (Å²) in [5.41, 5.74) is 33.5. The molecule has 0 saturated carbocycles. The number of phenolic OH excluding ortho intramolecular Hbond substituents is 3. The Kier molecular flexibility index (Phi) is 17.3. The summed E-state index contributed by atoms with van der Waals surface area (Å²) in [6.45, 7) is 4.81. The lowest BCUT2D eigenvalue weighted by molar-refractivity contribution is -0.118. The molecule has 0 radical (unpaired) electrons. The molecule has 2 aromatic heterocycles. The summed E-state index contributed by atoms with van der Waals surface area (Å²) in [6.07, 6.45) is 6.42. The highest BCUT2D eigenvalue weighted by Crippen LogP contribution is 2.35. The number of benzene rings is 6. The number of nitrogens with two attached hydrogens (primary N) is 3. The molecular formula is C60H57N5O6S. The predicted molar refractivity (Wildman–Crippen MR) is 290 cm³/mol. The van der Waals surface area contributed by atoms with Crippen molar-refractivity contribution in [1.82, 2.24) is 4.98 Å². The lowest BCUT2D eigenvalue weighted by Gasteiger charge is -2.13. The Bertz CT molecular complexity index is 3290. The van der Waals surface area contributed by atoms with E-state index in [9.17, 15) is 29.7 Å². The van der Waals surface area contributed by atoms with Gasteiger partial charge in [-0.25, -0.2) is 0 Å². The molecule has 72 heavy (non-hydrogen) atoms. The van der Waals surface area contributed by atoms with Crippen LogP contribution >= 0.6 is 11.3 Å². The second-order valence-electron chi connectivity index (χ2n) is 17.4. The molecule has 0 spiro atoms. The van der Waals surface area contributed by atoms with E-state index >= 15 is 0 Å². The molecule has 0 unspecified atom stereocenters. The lowest BCUT2D eigenvalue weighted by Crippen LogP contribution is -2.11. The van der Waals surface area contributed by atoms with E-state index < -0.39 is 0 Å². The molecule has 1 aliphatic heterocycles. The van der Waals surface area contributed by atoms with Crippen LogP contribution in [0.1, 0.15) is 54.0 Å². The number of amides is 3. The highest BCUT2D eigenvalue weighted by molar-refractivity contribution is 7.08. The first kappa shape index (κ1) is 51.2. The minimum Gasteiger partial charge on any atom is -0.508 e. The van der Waals surface area contributed by atoms with E-state index in [2.05, 4.69) is 64.1 Å². The lowest BCUT2D eigenvalue weighted by atomic mass is 9.91. The van der Waals surface area contributed by atoms with Crippen LogP contribution in [-0.2, 0) is 33.6 Å². The fourth-order valence-corrected chi connectivity index (χ4v) is 9.42. The molecule has 0 fully saturated rings. The maximum Gasteiger partial charge on any atom is 0.217 e. The second kappa shape index (κ2) is 24.3. The number of rotatable bonds is 15. The van der Waals surface area contributed by atoms with Gasteiger partial charge in [-0.1, -0.05) is 97.1 Å². The standard InChI is InChI=1S/C20H20N2O2.C20H18N2O2.C20H19NO2S/c1-13-18(9-10-22-13)15-5-7-19(14-3-2-4-17(23)12-14)16(11-15)6-8-20(21)24;21-20(24)10-8-15-12-16(19-6-1-2-11-22-19)7-9-18(15)14-4-3-5-17(23)13-14;1-13-11-24-12-19(13)16-5-7-18(14-3-2-4-17(22)10-14)15(9-16)6-8-20(21)23/h2-5,7,9,11-12,23H,6,8,10H2,1H3,(H2,21,24);1-7,9,11-13,23H,8,10H2,(H2,21,24);2-5,7,9-12,22H,6,8H2,1H3,(H2,21,23). The number of carbonyl (C=O) groups is 3. The molecule has 1 aliphatic rings. The molecule has 0 aliphatic carbocycles. The van der Waals surface area contributed by atoms with E-state index in [1.807, 2.05) is 79.7 Å². The van der Waals surface area contributed by atoms with E-state index in [0.29, 0.717) is 38.6 Å². The van der Waals surface area contributed by atoms with Crippen molar-refractivity contribution in [3.8, 4) is 73.0 Å². The molecule has 12 heteroatoms. The number of aromatic hydroxyl groups is 3. The highest BCUT2D eigenvalue weighted by Gasteiger charge is 2.16. The Morgan fingerprint density at radius 1 is 0.500 bits per heavy atom. The number of thiophene rings is 1. The predicted octanol–water partition coefficient (Wildman–Crippen LogP) is 11.4. The third kappa shape index (κ3) is 13.8. The minimum absolute atomic E-state index is 0.210. The van der Waals surface area contributed by atoms with Crippen molar-refractivity contribution in [3.63, 3.8) is 0 Å². The van der Waals surface area contributed by atoms with Gasteiger partial charge in [-0.2, -0.15) is 11.3 Å². The van der Waals surface area contributed by atoms with Crippen LogP contribution in [0.4, 0.5) is 0 Å². The molecule has 3 amide bonds. The SMILES string of the molecule is CC1=NCC=C1c1ccc(-c2cccc(O)c2)c(CCC(N)=O)c1.Cc1cscc1-c1ccc(-c2cccc(O)c2)c(CCC(N)=O)c1.NC(=O)CCc1cc(-c2ccccn2)ccc1-c1cccc(O)c1. The van der Waals surface area contributed by atoms with Crippen molar-refractivity contribution < 1.29 is 29.7 Å². The van der Waals surface area contributed by atoms with Crippen molar-refractivity contribution in [1.29, 1.82) is 0 Å². The molecular weight excluding hydrogens is 919 g/mol. The van der Waals surface area contributed by atoms with Crippen LogP contribution in [0, 0.1) is 6.92 Å². The minimum atomic E-state index is -0.333. The van der Waals surface area contributed by atoms with Crippen LogP contribution in [0.2, 0.25) is 0 Å². The molecule has 0 bridgehead atoms. The average Bonchev–Trinajstić information content (AvgIpc) is 4.02. The van der Waals surface area contributed by atoms with Gasteiger partial charge in [0, 0.05) is 42.3 Å². The molecule has 9 rings (SSSR count). The van der Waals surface area contributed by atoms with Crippen LogP contribution in [0.3, 0.4) is 0 Å². The summed E-state index contributed by atoms with van der Waals surface area (Å²) >= 11 is 1.68. The van der Waals surface area contributed by atoms with Gasteiger partial charge in [-0.3, -0.25) is 24.4 Å². The van der Waals surface area contributed by atoms with Gasteiger partial charge in [0.2, 0.25) is 17.7 Å². The summed E-state index contributed by atoms with van der Waals surface area (Å²) < 4.78 is 0. The number of phenols is 3. The third-order valence-electron chi connectivity index (χ3n) is 12.2. The van der Waals surface area contributed by atoms with Gasteiger partial charge in [-0.05, 0) is 171 Å². The molecule has 3 heterocycles. The van der Waals surface area contributed by atoms with Gasteiger partial charge >= 0.3 is 0 Å². The Balaban J connectivity index is 0.000000158. The topological polar surface area (TPSA) is 215 Å². The van der Waals surface area contributed by atoms with Crippen molar-refractivity contribution in [3.05, 3.63) is 196 Å². The van der Waals surface area contributed by atoms with E-state index in [0.717, 1.165) is 83.7 Å². The second-order valence-corrected chi connectivity index (χ2v) is 18.1. The number of aliphatic imine (C=N–C) groups is 1. The van der Waals surface area contributed by atoms with E-state index in [1.165, 1.54) is 11.1 Å². The number of pyridine rings is 1. The number of hydrogen-bond donors (Lipinski definition) is 6. The van der Waals surface area contributed by atoms with Gasteiger partial charge < -0.3 is 32.5 Å². The summed E-state index contributed by atoms with van der Waals surface area (Å²) in [4.78, 5) is 42.4. The van der Waals surface area contributed by atoms with Gasteiger partial charge in [0.15, 0.2) is 0 Å². The number of hydrogen-bond acceptors (Lipinski definition) is 9. The van der Waals surface area contributed by atoms with Crippen LogP contribution in [0.25, 0.3) is 61.3 Å². The van der Waals surface area contributed by atoms with Crippen molar-refractivity contribution in [2.75, 3.05) is 6.54 Å². The highest BCUT2D eigenvalue weighted by atomic mass is 32.1. The summed E-state index contributed by atoms with van der Waals surface area (Å²) in [5, 5.41) is 33.5. The molecule has 364 valence electrons. The Morgan fingerprint density at radius 3 is 1.35 bits per heavy atom. The fourth-order valence-electron chi connectivity index (χ4n) is 8.56. The van der Waals surface area contributed by atoms with Gasteiger partial charge in [0.25, 0.3) is 0 Å².